The predicted molar refractivity (Wildman–Crippen MR) is 80.1 cm³/mol. The van der Waals surface area contributed by atoms with Crippen molar-refractivity contribution in [3.05, 3.63) is 44.3 Å². The smallest absolute Gasteiger partial charge is 0.153 e. The van der Waals surface area contributed by atoms with E-state index in [1.54, 1.807) is 23.5 Å². The highest BCUT2D eigenvalue weighted by Crippen LogP contribution is 2.24. The summed E-state index contributed by atoms with van der Waals surface area (Å²) in [6.07, 6.45) is 0.792. The molecule has 0 aliphatic heterocycles. The molecule has 3 nitrogen and oxygen atoms in total. The Kier molecular flexibility index (Phi) is 4.71. The van der Waals surface area contributed by atoms with E-state index in [1.165, 1.54) is 0 Å². The Morgan fingerprint density at radius 2 is 2.26 bits per heavy atom. The van der Waals surface area contributed by atoms with E-state index in [-0.39, 0.29) is 0 Å². The van der Waals surface area contributed by atoms with E-state index in [2.05, 4.69) is 34.8 Å². The minimum atomic E-state index is 0.381. The largest absolute Gasteiger partial charge is 0.487 e. The van der Waals surface area contributed by atoms with Crippen LogP contribution in [0.2, 0.25) is 0 Å². The molecule has 1 aromatic carbocycles. The van der Waals surface area contributed by atoms with Crippen molar-refractivity contribution in [2.75, 3.05) is 0 Å². The fourth-order valence-electron chi connectivity index (χ4n) is 1.55. The molecule has 100 valence electrons. The van der Waals surface area contributed by atoms with Gasteiger partial charge in [-0.15, -0.1) is 11.3 Å². The average Bonchev–Trinajstić information content (AvgIpc) is 2.86. The maximum Gasteiger partial charge on any atom is 0.153 e. The fraction of sp³-hybridized carbons (Fsp3) is 0.286. The third-order valence-corrected chi connectivity index (χ3v) is 4.23. The van der Waals surface area contributed by atoms with Gasteiger partial charge < -0.3 is 4.74 Å². The molecule has 0 amide bonds. The number of carbonyl (C=O) groups is 1. The summed E-state index contributed by atoms with van der Waals surface area (Å²) in [4.78, 5) is 15.5. The fourth-order valence-corrected chi connectivity index (χ4v) is 2.75. The zero-order valence-electron chi connectivity index (χ0n) is 10.7. The van der Waals surface area contributed by atoms with Crippen LogP contribution in [0.3, 0.4) is 0 Å². The normalized spacial score (nSPS) is 10.7. The lowest BCUT2D eigenvalue weighted by Crippen LogP contribution is -1.99. The highest BCUT2D eigenvalue weighted by Gasteiger charge is 2.08. The number of halogens is 1. The maximum absolute atomic E-state index is 11.0. The van der Waals surface area contributed by atoms with Crippen LogP contribution in [0.25, 0.3) is 0 Å². The molecule has 1 heterocycles. The number of hydrogen-bond donors (Lipinski definition) is 0. The molecule has 0 N–H and O–H groups in total. The molecule has 2 rings (SSSR count). The summed E-state index contributed by atoms with van der Waals surface area (Å²) in [6, 6.07) is 5.37. The summed E-state index contributed by atoms with van der Waals surface area (Å²) >= 11 is 4.96. The monoisotopic (exact) mass is 339 g/mol. The van der Waals surface area contributed by atoms with Gasteiger partial charge in [-0.05, 0) is 18.2 Å². The first kappa shape index (κ1) is 14.2. The number of thiazole rings is 1. The van der Waals surface area contributed by atoms with Crippen LogP contribution < -0.4 is 4.74 Å². The summed E-state index contributed by atoms with van der Waals surface area (Å²) in [6.45, 7) is 4.61. The topological polar surface area (TPSA) is 39.2 Å². The first-order chi connectivity index (χ1) is 9.10. The van der Waals surface area contributed by atoms with E-state index in [4.69, 9.17) is 4.74 Å². The van der Waals surface area contributed by atoms with Crippen LogP contribution in [0.15, 0.2) is 28.1 Å². The zero-order chi connectivity index (χ0) is 13.8. The van der Waals surface area contributed by atoms with Crippen molar-refractivity contribution < 1.29 is 9.53 Å². The summed E-state index contributed by atoms with van der Waals surface area (Å²) < 4.78 is 6.51. The minimum absolute atomic E-state index is 0.381. The zero-order valence-corrected chi connectivity index (χ0v) is 13.1. The summed E-state index contributed by atoms with van der Waals surface area (Å²) in [5, 5.41) is 3.10. The lowest BCUT2D eigenvalue weighted by atomic mass is 10.2. The van der Waals surface area contributed by atoms with Gasteiger partial charge in [0, 0.05) is 15.8 Å². The molecule has 19 heavy (non-hydrogen) atoms. The van der Waals surface area contributed by atoms with Crippen LogP contribution in [-0.2, 0) is 6.61 Å². The lowest BCUT2D eigenvalue weighted by Gasteiger charge is -2.07. The quantitative estimate of drug-likeness (QED) is 0.757. The van der Waals surface area contributed by atoms with Gasteiger partial charge in [0.25, 0.3) is 0 Å². The van der Waals surface area contributed by atoms with Crippen LogP contribution in [0.1, 0.15) is 40.8 Å². The number of carbonyl (C=O) groups excluding carboxylic acids is 1. The Bertz CT molecular complexity index is 581. The molecule has 0 spiro atoms. The molecule has 0 aliphatic carbocycles. The number of ether oxygens (including phenoxy) is 1. The third-order valence-electron chi connectivity index (χ3n) is 2.54. The van der Waals surface area contributed by atoms with Crippen LogP contribution >= 0.6 is 27.3 Å². The Balaban J connectivity index is 2.07. The van der Waals surface area contributed by atoms with Gasteiger partial charge in [-0.1, -0.05) is 29.8 Å². The number of aromatic nitrogens is 1. The Labute approximate surface area is 124 Å². The molecule has 0 bridgehead atoms. The molecule has 0 unspecified atom stereocenters. The van der Waals surface area contributed by atoms with Crippen molar-refractivity contribution in [1.29, 1.82) is 0 Å². The molecule has 0 radical (unpaired) electrons. The number of aldehydes is 1. The molecule has 0 saturated heterocycles. The summed E-state index contributed by atoms with van der Waals surface area (Å²) in [5.41, 5.74) is 1.43. The van der Waals surface area contributed by atoms with E-state index in [9.17, 15) is 4.79 Å². The van der Waals surface area contributed by atoms with Gasteiger partial charge in [0.2, 0.25) is 0 Å². The molecule has 5 heteroatoms. The van der Waals surface area contributed by atoms with Crippen molar-refractivity contribution in [3.8, 4) is 5.75 Å². The second kappa shape index (κ2) is 6.30. The van der Waals surface area contributed by atoms with Gasteiger partial charge in [-0.2, -0.15) is 0 Å². The highest BCUT2D eigenvalue weighted by atomic mass is 79.9. The van der Waals surface area contributed by atoms with E-state index in [0.29, 0.717) is 23.8 Å². The Morgan fingerprint density at radius 1 is 1.47 bits per heavy atom. The third kappa shape index (κ3) is 3.64. The molecule has 0 atom stereocenters. The molecular formula is C14H14BrNO2S. The molecule has 0 saturated carbocycles. The second-order valence-corrected chi connectivity index (χ2v) is 6.23. The van der Waals surface area contributed by atoms with Crippen molar-refractivity contribution in [3.63, 3.8) is 0 Å². The molecule has 0 aliphatic rings. The van der Waals surface area contributed by atoms with Gasteiger partial charge in [-0.3, -0.25) is 4.79 Å². The Hall–Kier alpha value is -1.20. The minimum Gasteiger partial charge on any atom is -0.487 e. The number of hydrogen-bond acceptors (Lipinski definition) is 4. The summed E-state index contributed by atoms with van der Waals surface area (Å²) in [5.74, 6) is 1.01. The van der Waals surface area contributed by atoms with Crippen molar-refractivity contribution in [1.82, 2.24) is 4.98 Å². The van der Waals surface area contributed by atoms with Crippen LogP contribution in [0, 0.1) is 0 Å². The van der Waals surface area contributed by atoms with Crippen molar-refractivity contribution in [2.24, 2.45) is 0 Å². The number of nitrogens with zero attached hydrogens (tertiary/aromatic N) is 1. The molecule has 1 aromatic heterocycles. The molecular weight excluding hydrogens is 326 g/mol. The van der Waals surface area contributed by atoms with Crippen LogP contribution in [-0.4, -0.2) is 11.3 Å². The number of rotatable bonds is 5. The van der Waals surface area contributed by atoms with Gasteiger partial charge in [0.05, 0.1) is 16.3 Å². The van der Waals surface area contributed by atoms with E-state index in [1.807, 2.05) is 11.4 Å². The van der Waals surface area contributed by atoms with Crippen LogP contribution in [0.5, 0.6) is 5.75 Å². The standard InChI is InChI=1S/C14H14BrNO2S/c1-9(2)14-16-12(8-19-14)7-18-13-4-3-11(15)5-10(13)6-17/h3-6,8-9H,7H2,1-2H3. The van der Waals surface area contributed by atoms with E-state index >= 15 is 0 Å². The van der Waals surface area contributed by atoms with Crippen molar-refractivity contribution >= 4 is 33.6 Å². The second-order valence-electron chi connectivity index (χ2n) is 4.42. The van der Waals surface area contributed by atoms with Crippen LogP contribution in [0.4, 0.5) is 0 Å². The lowest BCUT2D eigenvalue weighted by molar-refractivity contribution is 0.111. The van der Waals surface area contributed by atoms with E-state index < -0.39 is 0 Å². The van der Waals surface area contributed by atoms with Gasteiger partial charge in [0.1, 0.15) is 12.4 Å². The van der Waals surface area contributed by atoms with Crippen molar-refractivity contribution in [2.45, 2.75) is 26.4 Å². The average molecular weight is 340 g/mol. The first-order valence-corrected chi connectivity index (χ1v) is 7.59. The maximum atomic E-state index is 11.0. The number of benzene rings is 1. The molecule has 0 fully saturated rings. The SMILES string of the molecule is CC(C)c1nc(COc2ccc(Br)cc2C=O)cs1. The summed E-state index contributed by atoms with van der Waals surface area (Å²) in [7, 11) is 0. The first-order valence-electron chi connectivity index (χ1n) is 5.92. The van der Waals surface area contributed by atoms with Gasteiger partial charge in [-0.25, -0.2) is 4.98 Å². The predicted octanol–water partition coefficient (Wildman–Crippen LogP) is 4.42. The van der Waals surface area contributed by atoms with Gasteiger partial charge >= 0.3 is 0 Å². The molecule has 2 aromatic rings. The Morgan fingerprint density at radius 3 is 2.89 bits per heavy atom. The van der Waals surface area contributed by atoms with E-state index in [0.717, 1.165) is 21.5 Å². The highest BCUT2D eigenvalue weighted by molar-refractivity contribution is 9.10. The van der Waals surface area contributed by atoms with Gasteiger partial charge in [0.15, 0.2) is 6.29 Å².